The summed E-state index contributed by atoms with van der Waals surface area (Å²) in [6.45, 7) is 8.78. The predicted molar refractivity (Wildman–Crippen MR) is 125 cm³/mol. The highest BCUT2D eigenvalue weighted by molar-refractivity contribution is 7.94. The van der Waals surface area contributed by atoms with Crippen LogP contribution in [0.4, 0.5) is 4.79 Å². The molecule has 1 aromatic carbocycles. The third kappa shape index (κ3) is 5.60. The van der Waals surface area contributed by atoms with E-state index >= 15 is 0 Å². The van der Waals surface area contributed by atoms with E-state index in [2.05, 4.69) is 23.2 Å². The van der Waals surface area contributed by atoms with Gasteiger partial charge < -0.3 is 18.2 Å². The fourth-order valence-electron chi connectivity index (χ4n) is 3.95. The standard InChI is InChI=1S/C25H29N3O4S/c1-16-21(27-23(31-16)17-7-5-6-8-17)15-30-33-22-12-20-14-28(24(29)32-25(2,3)4)10-9-18(20)11-19(22)13-26/h5-6,11-12,17H,7-10,14-15H2,1-4H3. The average Bonchev–Trinajstić information content (AvgIpc) is 3.42. The molecule has 1 aliphatic carbocycles. The smallest absolute Gasteiger partial charge is 0.410 e. The topological polar surface area (TPSA) is 88.6 Å². The van der Waals surface area contributed by atoms with E-state index in [9.17, 15) is 10.1 Å². The fraction of sp³-hybridized carbons (Fsp3) is 0.480. The van der Waals surface area contributed by atoms with Crippen molar-refractivity contribution in [3.8, 4) is 6.07 Å². The van der Waals surface area contributed by atoms with Gasteiger partial charge in [-0.15, -0.1) is 0 Å². The minimum Gasteiger partial charge on any atom is -0.445 e. The number of oxazole rings is 1. The molecular weight excluding hydrogens is 438 g/mol. The lowest BCUT2D eigenvalue weighted by Gasteiger charge is -2.31. The van der Waals surface area contributed by atoms with E-state index < -0.39 is 5.60 Å². The summed E-state index contributed by atoms with van der Waals surface area (Å²) in [5.74, 6) is 1.83. The van der Waals surface area contributed by atoms with Crippen LogP contribution in [0, 0.1) is 18.3 Å². The number of fused-ring (bicyclic) bond motifs is 1. The Bertz CT molecular complexity index is 1100. The first-order chi connectivity index (χ1) is 15.7. The SMILES string of the molecule is Cc1oc(C2CC=CC2)nc1COSc1cc2c(cc1C#N)CCN(C(=O)OC(C)(C)C)C2. The van der Waals surface area contributed by atoms with Gasteiger partial charge in [-0.2, -0.15) is 5.26 Å². The number of carbonyl (C=O) groups is 1. The van der Waals surface area contributed by atoms with Crippen LogP contribution < -0.4 is 0 Å². The monoisotopic (exact) mass is 467 g/mol. The van der Waals surface area contributed by atoms with Gasteiger partial charge in [-0.25, -0.2) is 9.78 Å². The van der Waals surface area contributed by atoms with E-state index in [4.69, 9.17) is 13.3 Å². The van der Waals surface area contributed by atoms with Crippen LogP contribution in [0.25, 0.3) is 0 Å². The van der Waals surface area contributed by atoms with Gasteiger partial charge in [-0.05, 0) is 70.2 Å². The summed E-state index contributed by atoms with van der Waals surface area (Å²) in [4.78, 5) is 19.5. The van der Waals surface area contributed by atoms with E-state index in [0.717, 1.165) is 58.3 Å². The van der Waals surface area contributed by atoms with Crippen molar-refractivity contribution < 1.29 is 18.1 Å². The predicted octanol–water partition coefficient (Wildman–Crippen LogP) is 5.81. The minimum absolute atomic E-state index is 0.284. The lowest BCUT2D eigenvalue weighted by Crippen LogP contribution is -2.39. The normalized spacial score (nSPS) is 16.0. The van der Waals surface area contributed by atoms with Crippen LogP contribution in [-0.4, -0.2) is 28.1 Å². The Morgan fingerprint density at radius 1 is 1.30 bits per heavy atom. The summed E-state index contributed by atoms with van der Waals surface area (Å²) < 4.78 is 17.2. The maximum atomic E-state index is 12.5. The number of benzene rings is 1. The first-order valence-electron chi connectivity index (χ1n) is 11.2. The number of amides is 1. The quantitative estimate of drug-likeness (QED) is 0.405. The molecule has 0 bridgehead atoms. The Hall–Kier alpha value is -2.76. The molecule has 2 heterocycles. The van der Waals surface area contributed by atoms with Crippen molar-refractivity contribution in [1.29, 1.82) is 5.26 Å². The van der Waals surface area contributed by atoms with Crippen LogP contribution >= 0.6 is 12.0 Å². The summed E-state index contributed by atoms with van der Waals surface area (Å²) in [7, 11) is 0. The first-order valence-corrected chi connectivity index (χ1v) is 11.9. The number of ether oxygens (including phenoxy) is 1. The largest absolute Gasteiger partial charge is 0.445 e. The zero-order chi connectivity index (χ0) is 23.6. The fourth-order valence-corrected chi connectivity index (χ4v) is 4.63. The number of allylic oxidation sites excluding steroid dienone is 2. The van der Waals surface area contributed by atoms with Gasteiger partial charge in [0.25, 0.3) is 0 Å². The molecule has 174 valence electrons. The molecule has 2 aromatic rings. The van der Waals surface area contributed by atoms with Crippen LogP contribution in [0.5, 0.6) is 0 Å². The van der Waals surface area contributed by atoms with Crippen molar-refractivity contribution in [1.82, 2.24) is 9.88 Å². The molecule has 8 heteroatoms. The number of aromatic nitrogens is 1. The molecule has 0 fully saturated rings. The molecule has 0 radical (unpaired) electrons. The highest BCUT2D eigenvalue weighted by Gasteiger charge is 2.27. The number of nitrogens with zero attached hydrogens (tertiary/aromatic N) is 3. The third-order valence-corrected chi connectivity index (χ3v) is 6.45. The number of hydrogen-bond donors (Lipinski definition) is 0. The van der Waals surface area contributed by atoms with Gasteiger partial charge in [-0.3, -0.25) is 0 Å². The van der Waals surface area contributed by atoms with E-state index in [1.165, 1.54) is 0 Å². The van der Waals surface area contributed by atoms with Crippen molar-refractivity contribution >= 4 is 18.1 Å². The molecule has 0 saturated carbocycles. The minimum atomic E-state index is -0.537. The zero-order valence-electron chi connectivity index (χ0n) is 19.5. The van der Waals surface area contributed by atoms with Crippen molar-refractivity contribution in [3.05, 3.63) is 58.3 Å². The summed E-state index contributed by atoms with van der Waals surface area (Å²) >= 11 is 1.16. The molecule has 0 N–H and O–H groups in total. The molecular formula is C25H29N3O4S. The van der Waals surface area contributed by atoms with Gasteiger partial charge in [0.05, 0.1) is 10.5 Å². The van der Waals surface area contributed by atoms with Gasteiger partial charge in [-0.1, -0.05) is 12.2 Å². The van der Waals surface area contributed by atoms with E-state index in [1.54, 1.807) is 4.90 Å². The maximum Gasteiger partial charge on any atom is 0.410 e. The first kappa shape index (κ1) is 23.4. The molecule has 2 aliphatic rings. The second-order valence-corrected chi connectivity index (χ2v) is 10.3. The van der Waals surface area contributed by atoms with Crippen molar-refractivity contribution in [2.75, 3.05) is 6.54 Å². The number of hydrogen-bond acceptors (Lipinski definition) is 7. The zero-order valence-corrected chi connectivity index (χ0v) is 20.3. The van der Waals surface area contributed by atoms with Gasteiger partial charge in [0.15, 0.2) is 5.89 Å². The molecule has 1 aromatic heterocycles. The molecule has 0 spiro atoms. The van der Waals surface area contributed by atoms with Crippen molar-refractivity contribution in [2.45, 2.75) is 76.5 Å². The van der Waals surface area contributed by atoms with Gasteiger partial charge in [0.2, 0.25) is 0 Å². The Morgan fingerprint density at radius 3 is 2.76 bits per heavy atom. The number of aryl methyl sites for hydroxylation is 1. The van der Waals surface area contributed by atoms with E-state index in [-0.39, 0.29) is 12.7 Å². The molecule has 0 saturated heterocycles. The molecule has 0 unspecified atom stereocenters. The average molecular weight is 468 g/mol. The van der Waals surface area contributed by atoms with Crippen LogP contribution in [0.15, 0.2) is 33.6 Å². The summed E-state index contributed by atoms with van der Waals surface area (Å²) in [6.07, 6.45) is 6.58. The van der Waals surface area contributed by atoms with E-state index in [1.807, 2.05) is 39.8 Å². The molecule has 4 rings (SSSR count). The highest BCUT2D eigenvalue weighted by Crippen LogP contribution is 2.33. The molecule has 1 aliphatic heterocycles. The number of carbonyl (C=O) groups excluding carboxylic acids is 1. The third-order valence-electron chi connectivity index (χ3n) is 5.70. The van der Waals surface area contributed by atoms with Crippen LogP contribution in [0.1, 0.15) is 73.6 Å². The maximum absolute atomic E-state index is 12.5. The Kier molecular flexibility index (Phi) is 6.82. The second kappa shape index (κ2) is 9.62. The Balaban J connectivity index is 1.42. The Morgan fingerprint density at radius 2 is 2.06 bits per heavy atom. The summed E-state index contributed by atoms with van der Waals surface area (Å²) in [5, 5.41) is 9.64. The Labute approximate surface area is 199 Å². The molecule has 1 amide bonds. The highest BCUT2D eigenvalue weighted by atomic mass is 32.2. The van der Waals surface area contributed by atoms with Gasteiger partial charge in [0.1, 0.15) is 29.7 Å². The lowest BCUT2D eigenvalue weighted by atomic mass is 9.98. The molecule has 7 nitrogen and oxygen atoms in total. The summed E-state index contributed by atoms with van der Waals surface area (Å²) in [6, 6.07) is 6.11. The second-order valence-electron chi connectivity index (χ2n) is 9.42. The van der Waals surface area contributed by atoms with Crippen LogP contribution in [-0.2, 0) is 28.5 Å². The van der Waals surface area contributed by atoms with Crippen LogP contribution in [0.3, 0.4) is 0 Å². The van der Waals surface area contributed by atoms with Crippen LogP contribution in [0.2, 0.25) is 0 Å². The lowest BCUT2D eigenvalue weighted by molar-refractivity contribution is 0.0224. The van der Waals surface area contributed by atoms with Gasteiger partial charge in [0, 0.05) is 31.1 Å². The van der Waals surface area contributed by atoms with E-state index in [0.29, 0.717) is 31.0 Å². The number of nitriles is 1. The van der Waals surface area contributed by atoms with Crippen molar-refractivity contribution in [2.24, 2.45) is 0 Å². The van der Waals surface area contributed by atoms with Gasteiger partial charge >= 0.3 is 6.09 Å². The number of rotatable bonds is 5. The molecule has 0 atom stereocenters. The van der Waals surface area contributed by atoms with Crippen molar-refractivity contribution in [3.63, 3.8) is 0 Å². The molecule has 33 heavy (non-hydrogen) atoms. The summed E-state index contributed by atoms with van der Waals surface area (Å²) in [5.41, 5.74) is 2.89.